The van der Waals surface area contributed by atoms with Gasteiger partial charge in [-0.15, -0.1) is 0 Å². The highest BCUT2D eigenvalue weighted by atomic mass is 16.5. The molecule has 2 aliphatic heterocycles. The number of methoxy groups -OCH3 is 1. The number of rotatable bonds is 8. The van der Waals surface area contributed by atoms with E-state index in [-0.39, 0.29) is 52.8 Å². The second-order valence-corrected chi connectivity index (χ2v) is 16.7. The third-order valence-corrected chi connectivity index (χ3v) is 14.8. The molecule has 0 radical (unpaired) electrons. The number of allylic oxidation sites excluding steroid dienone is 1. The molecule has 5 fully saturated rings. The van der Waals surface area contributed by atoms with Crippen molar-refractivity contribution in [1.82, 2.24) is 5.32 Å². The molecule has 2 heterocycles. The van der Waals surface area contributed by atoms with Crippen LogP contribution in [0.5, 0.6) is 0 Å². The fourth-order valence-electron chi connectivity index (χ4n) is 12.2. The lowest BCUT2D eigenvalue weighted by Gasteiger charge is -2.63. The number of piperidine rings is 1. The Bertz CT molecular complexity index is 1210. The molecule has 7 rings (SSSR count). The minimum Gasteiger partial charge on any atom is -0.387 e. The smallest absolute Gasteiger partial charge is 0.162 e. The number of Topliss-reactive ketones (excluding diaryl/α,β-unsaturated/α-hetero) is 1. The number of nitrogens with one attached hydrogen (secondary N) is 1. The van der Waals surface area contributed by atoms with Gasteiger partial charge in [-0.2, -0.15) is 0 Å². The summed E-state index contributed by atoms with van der Waals surface area (Å²) in [6, 6.07) is 0. The van der Waals surface area contributed by atoms with Gasteiger partial charge < -0.3 is 34.6 Å². The van der Waals surface area contributed by atoms with Crippen LogP contribution in [0, 0.1) is 46.3 Å². The third-order valence-electron chi connectivity index (χ3n) is 14.8. The van der Waals surface area contributed by atoms with Gasteiger partial charge in [0.05, 0.1) is 23.4 Å². The summed E-state index contributed by atoms with van der Waals surface area (Å²) in [5, 5.41) is 51.1. The van der Waals surface area contributed by atoms with Crippen molar-refractivity contribution in [3.63, 3.8) is 0 Å². The van der Waals surface area contributed by atoms with E-state index in [1.807, 2.05) is 0 Å². The lowest BCUT2D eigenvalue weighted by molar-refractivity contribution is -0.203. The van der Waals surface area contributed by atoms with Crippen molar-refractivity contribution in [2.75, 3.05) is 26.9 Å². The van der Waals surface area contributed by atoms with Crippen molar-refractivity contribution in [2.24, 2.45) is 46.3 Å². The SMILES string of the molecule is COCCCOC1CCC2(C)C(C1)C(=O)C1=C3C2CCC2(C)C(C(C)(O)C(O)C4OC5C(O)NCCC5C4C)CC(CC1)C32O. The first kappa shape index (κ1) is 32.6. The van der Waals surface area contributed by atoms with E-state index in [2.05, 4.69) is 26.1 Å². The number of fused-ring (bicyclic) bond motifs is 3. The number of carbonyl (C=O) groups excluding carboxylic acids is 1. The molecule has 254 valence electrons. The van der Waals surface area contributed by atoms with Crippen LogP contribution in [0.1, 0.15) is 91.9 Å². The maximum absolute atomic E-state index is 14.4. The Morgan fingerprint density at radius 2 is 1.89 bits per heavy atom. The summed E-state index contributed by atoms with van der Waals surface area (Å²) in [5.74, 6) is -0.109. The van der Waals surface area contributed by atoms with Crippen molar-refractivity contribution in [3.8, 4) is 0 Å². The summed E-state index contributed by atoms with van der Waals surface area (Å²) in [5.41, 5.74) is -1.80. The van der Waals surface area contributed by atoms with E-state index < -0.39 is 41.2 Å². The molecule has 15 atom stereocenters. The number of ketones is 1. The van der Waals surface area contributed by atoms with Gasteiger partial charge >= 0.3 is 0 Å². The van der Waals surface area contributed by atoms with Gasteiger partial charge in [-0.3, -0.25) is 10.1 Å². The van der Waals surface area contributed by atoms with Crippen LogP contribution in [0.15, 0.2) is 11.1 Å². The summed E-state index contributed by atoms with van der Waals surface area (Å²) in [4.78, 5) is 14.4. The fraction of sp³-hybridized carbons (Fsp3) is 0.917. The van der Waals surface area contributed by atoms with E-state index in [4.69, 9.17) is 14.2 Å². The molecule has 3 saturated carbocycles. The van der Waals surface area contributed by atoms with Crippen molar-refractivity contribution in [2.45, 2.75) is 134 Å². The monoisotopic (exact) mass is 631 g/mol. The van der Waals surface area contributed by atoms with Crippen LogP contribution < -0.4 is 5.32 Å². The van der Waals surface area contributed by atoms with Crippen LogP contribution in [0.2, 0.25) is 0 Å². The number of ether oxygens (including phenoxy) is 3. The molecule has 0 aromatic heterocycles. The van der Waals surface area contributed by atoms with E-state index in [1.54, 1.807) is 14.0 Å². The predicted molar refractivity (Wildman–Crippen MR) is 167 cm³/mol. The van der Waals surface area contributed by atoms with Crippen LogP contribution >= 0.6 is 0 Å². The standard InChI is InChI=1S/C36H57NO8/c1-19-22-11-14-37-32(40)30(22)45-29(19)31(39)35(4,41)26-17-20-7-8-23-27-24(10-13-34(26,3)36(20,27)42)33(2)12-9-21(18-25(33)28(23)38)44-16-6-15-43-5/h19-22,24-26,29-32,37,39-42H,6-18H2,1-5H3. The summed E-state index contributed by atoms with van der Waals surface area (Å²) >= 11 is 0. The molecule has 9 nitrogen and oxygen atoms in total. The van der Waals surface area contributed by atoms with E-state index in [1.165, 1.54) is 0 Å². The molecule has 0 aromatic carbocycles. The molecular weight excluding hydrogens is 574 g/mol. The molecule has 5 aliphatic carbocycles. The second kappa shape index (κ2) is 11.3. The van der Waals surface area contributed by atoms with Crippen molar-refractivity contribution < 1.29 is 39.4 Å². The van der Waals surface area contributed by atoms with Crippen LogP contribution in [-0.4, -0.2) is 94.9 Å². The van der Waals surface area contributed by atoms with Crippen LogP contribution in [0.4, 0.5) is 0 Å². The number of hydrogen-bond donors (Lipinski definition) is 5. The molecule has 9 heteroatoms. The predicted octanol–water partition coefficient (Wildman–Crippen LogP) is 3.11. The molecule has 7 aliphatic rings. The number of aliphatic hydroxyl groups excluding tert-OH is 2. The van der Waals surface area contributed by atoms with Gasteiger partial charge in [-0.25, -0.2) is 0 Å². The Morgan fingerprint density at radius 3 is 2.62 bits per heavy atom. The lowest BCUT2D eigenvalue weighted by Crippen LogP contribution is -2.65. The van der Waals surface area contributed by atoms with Gasteiger partial charge in [0, 0.05) is 31.7 Å². The van der Waals surface area contributed by atoms with E-state index in [0.717, 1.165) is 56.1 Å². The van der Waals surface area contributed by atoms with E-state index in [9.17, 15) is 25.2 Å². The highest BCUT2D eigenvalue weighted by Gasteiger charge is 2.74. The molecule has 5 N–H and O–H groups in total. The normalized spacial score (nSPS) is 50.9. The van der Waals surface area contributed by atoms with Crippen LogP contribution in [0.3, 0.4) is 0 Å². The van der Waals surface area contributed by atoms with Crippen molar-refractivity contribution in [3.05, 3.63) is 11.1 Å². The molecule has 15 unspecified atom stereocenters. The van der Waals surface area contributed by atoms with Gasteiger partial charge in [-0.1, -0.05) is 20.8 Å². The lowest BCUT2D eigenvalue weighted by atomic mass is 9.42. The molecule has 0 bridgehead atoms. The Labute approximate surface area is 268 Å². The molecular formula is C36H57NO8. The van der Waals surface area contributed by atoms with E-state index >= 15 is 0 Å². The first-order valence-corrected chi connectivity index (χ1v) is 17.9. The number of hydrogen-bond acceptors (Lipinski definition) is 9. The quantitative estimate of drug-likeness (QED) is 0.256. The molecule has 2 saturated heterocycles. The maximum Gasteiger partial charge on any atom is 0.162 e. The average Bonchev–Trinajstić information content (AvgIpc) is 3.47. The summed E-state index contributed by atoms with van der Waals surface area (Å²) < 4.78 is 17.7. The second-order valence-electron chi connectivity index (χ2n) is 16.7. The fourth-order valence-corrected chi connectivity index (χ4v) is 12.2. The number of aliphatic hydroxyl groups is 4. The Morgan fingerprint density at radius 1 is 1.11 bits per heavy atom. The maximum atomic E-state index is 14.4. The summed E-state index contributed by atoms with van der Waals surface area (Å²) in [6.07, 6.45) is 4.94. The highest BCUT2D eigenvalue weighted by Crippen LogP contribution is 2.73. The minimum absolute atomic E-state index is 0.0234. The minimum atomic E-state index is -1.52. The Hall–Kier alpha value is -0.910. The van der Waals surface area contributed by atoms with Crippen LogP contribution in [0.25, 0.3) is 0 Å². The molecule has 45 heavy (non-hydrogen) atoms. The van der Waals surface area contributed by atoms with Crippen molar-refractivity contribution >= 4 is 5.78 Å². The first-order valence-electron chi connectivity index (χ1n) is 17.9. The molecule has 0 spiro atoms. The Balaban J connectivity index is 1.17. The van der Waals surface area contributed by atoms with E-state index in [0.29, 0.717) is 39.0 Å². The summed E-state index contributed by atoms with van der Waals surface area (Å²) in [7, 11) is 1.70. The van der Waals surface area contributed by atoms with Crippen molar-refractivity contribution in [1.29, 1.82) is 0 Å². The van der Waals surface area contributed by atoms with Gasteiger partial charge in [-0.05, 0) is 124 Å². The average molecular weight is 632 g/mol. The third kappa shape index (κ3) is 4.50. The first-order chi connectivity index (χ1) is 21.3. The zero-order chi connectivity index (χ0) is 32.1. The topological polar surface area (TPSA) is 138 Å². The highest BCUT2D eigenvalue weighted by molar-refractivity contribution is 6.00. The van der Waals surface area contributed by atoms with Gasteiger partial charge in [0.1, 0.15) is 18.4 Å². The van der Waals surface area contributed by atoms with Crippen LogP contribution in [-0.2, 0) is 19.0 Å². The van der Waals surface area contributed by atoms with Gasteiger partial charge in [0.15, 0.2) is 5.78 Å². The van der Waals surface area contributed by atoms with Gasteiger partial charge in [0.25, 0.3) is 0 Å². The summed E-state index contributed by atoms with van der Waals surface area (Å²) in [6.45, 7) is 10.2. The van der Waals surface area contributed by atoms with Gasteiger partial charge in [0.2, 0.25) is 0 Å². The zero-order valence-electron chi connectivity index (χ0n) is 28.0. The Kier molecular flexibility index (Phi) is 8.21. The zero-order valence-corrected chi connectivity index (χ0v) is 28.0. The molecule has 0 amide bonds. The molecule has 0 aromatic rings. The largest absolute Gasteiger partial charge is 0.387 e. The number of carbonyl (C=O) groups is 1.